The van der Waals surface area contributed by atoms with Crippen LogP contribution in [0, 0.1) is 0 Å². The molecule has 1 atom stereocenters. The maximum atomic E-state index is 9.69. The summed E-state index contributed by atoms with van der Waals surface area (Å²) in [5.41, 5.74) is 1.98. The summed E-state index contributed by atoms with van der Waals surface area (Å²) >= 11 is 1.60. The zero-order chi connectivity index (χ0) is 16.1. The van der Waals surface area contributed by atoms with Crippen molar-refractivity contribution >= 4 is 17.0 Å². The van der Waals surface area contributed by atoms with E-state index in [0.717, 1.165) is 17.7 Å². The highest BCUT2D eigenvalue weighted by molar-refractivity contribution is 7.08. The zero-order valence-corrected chi connectivity index (χ0v) is 13.7. The number of aliphatic hydroxyl groups excluding tert-OH is 1. The molecule has 0 spiro atoms. The van der Waals surface area contributed by atoms with Crippen molar-refractivity contribution in [1.29, 1.82) is 0 Å². The molecule has 2 heterocycles. The minimum atomic E-state index is 0.0143. The SMILES string of the molecule is CCC(CO)N(Cc1noc(-c2ccsc2)n1)c1ccccc1. The number of rotatable bonds is 7. The quantitative estimate of drug-likeness (QED) is 0.718. The topological polar surface area (TPSA) is 62.4 Å². The first kappa shape index (κ1) is 15.7. The fourth-order valence-corrected chi connectivity index (χ4v) is 3.10. The summed E-state index contributed by atoms with van der Waals surface area (Å²) < 4.78 is 5.35. The standard InChI is InChI=1S/C17H19N3O2S/c1-2-14(11-21)20(15-6-4-3-5-7-15)10-16-18-17(22-19-16)13-8-9-23-12-13/h3-9,12,14,21H,2,10-11H2,1H3. The molecule has 0 aliphatic carbocycles. The van der Waals surface area contributed by atoms with Crippen LogP contribution < -0.4 is 4.90 Å². The number of hydrogen-bond donors (Lipinski definition) is 1. The number of aliphatic hydroxyl groups is 1. The first-order valence-corrected chi connectivity index (χ1v) is 8.53. The van der Waals surface area contributed by atoms with Crippen molar-refractivity contribution in [3.63, 3.8) is 0 Å². The summed E-state index contributed by atoms with van der Waals surface area (Å²) in [5.74, 6) is 1.15. The number of anilines is 1. The molecule has 5 nitrogen and oxygen atoms in total. The molecule has 6 heteroatoms. The molecule has 2 aromatic heterocycles. The highest BCUT2D eigenvalue weighted by Crippen LogP contribution is 2.23. The monoisotopic (exact) mass is 329 g/mol. The van der Waals surface area contributed by atoms with Crippen molar-refractivity contribution in [3.8, 4) is 11.5 Å². The number of thiophene rings is 1. The average Bonchev–Trinajstić information content (AvgIpc) is 3.27. The minimum Gasteiger partial charge on any atom is -0.394 e. The number of benzene rings is 1. The summed E-state index contributed by atoms with van der Waals surface area (Å²) in [6.45, 7) is 2.64. The molecule has 3 aromatic rings. The Bertz CT molecular complexity index is 709. The van der Waals surface area contributed by atoms with Crippen LogP contribution in [0.15, 0.2) is 51.7 Å². The normalized spacial score (nSPS) is 12.3. The smallest absolute Gasteiger partial charge is 0.258 e. The molecule has 0 amide bonds. The van der Waals surface area contributed by atoms with Crippen LogP contribution in [0.3, 0.4) is 0 Å². The number of aromatic nitrogens is 2. The molecule has 0 saturated carbocycles. The fourth-order valence-electron chi connectivity index (χ4n) is 2.47. The van der Waals surface area contributed by atoms with E-state index in [1.54, 1.807) is 11.3 Å². The summed E-state index contributed by atoms with van der Waals surface area (Å²) in [5, 5.41) is 17.7. The Labute approximate surface area is 139 Å². The molecule has 120 valence electrons. The lowest BCUT2D eigenvalue weighted by Crippen LogP contribution is -2.37. The Morgan fingerprint density at radius 3 is 2.74 bits per heavy atom. The van der Waals surface area contributed by atoms with E-state index >= 15 is 0 Å². The van der Waals surface area contributed by atoms with Gasteiger partial charge in [-0.3, -0.25) is 0 Å². The van der Waals surface area contributed by atoms with Crippen LogP contribution in [0.4, 0.5) is 5.69 Å². The lowest BCUT2D eigenvalue weighted by molar-refractivity contribution is 0.254. The minimum absolute atomic E-state index is 0.0143. The molecule has 0 aliphatic rings. The van der Waals surface area contributed by atoms with Gasteiger partial charge in [-0.1, -0.05) is 30.3 Å². The van der Waals surface area contributed by atoms with E-state index in [1.807, 2.05) is 47.2 Å². The van der Waals surface area contributed by atoms with Gasteiger partial charge in [-0.05, 0) is 30.0 Å². The summed E-state index contributed by atoms with van der Waals surface area (Å²) in [6.07, 6.45) is 0.834. The Hall–Kier alpha value is -2.18. The average molecular weight is 329 g/mol. The van der Waals surface area contributed by atoms with E-state index < -0.39 is 0 Å². The molecule has 1 unspecified atom stereocenters. The Morgan fingerprint density at radius 2 is 2.09 bits per heavy atom. The van der Waals surface area contributed by atoms with E-state index in [4.69, 9.17) is 4.52 Å². The first-order valence-electron chi connectivity index (χ1n) is 7.59. The zero-order valence-electron chi connectivity index (χ0n) is 12.9. The van der Waals surface area contributed by atoms with Crippen molar-refractivity contribution < 1.29 is 9.63 Å². The van der Waals surface area contributed by atoms with Gasteiger partial charge < -0.3 is 14.5 Å². The van der Waals surface area contributed by atoms with E-state index in [1.165, 1.54) is 0 Å². The molecular weight excluding hydrogens is 310 g/mol. The van der Waals surface area contributed by atoms with Gasteiger partial charge in [-0.15, -0.1) is 0 Å². The molecule has 0 radical (unpaired) electrons. The van der Waals surface area contributed by atoms with Gasteiger partial charge in [0.15, 0.2) is 5.82 Å². The molecule has 0 bridgehead atoms. The predicted molar refractivity (Wildman–Crippen MR) is 91.4 cm³/mol. The molecule has 3 rings (SSSR count). The molecule has 1 N–H and O–H groups in total. The second-order valence-electron chi connectivity index (χ2n) is 5.24. The molecule has 0 saturated heterocycles. The van der Waals surface area contributed by atoms with Gasteiger partial charge in [0.1, 0.15) is 0 Å². The van der Waals surface area contributed by atoms with Gasteiger partial charge in [0.25, 0.3) is 5.89 Å². The lowest BCUT2D eigenvalue weighted by atomic mass is 10.1. The van der Waals surface area contributed by atoms with Gasteiger partial charge in [-0.25, -0.2) is 0 Å². The van der Waals surface area contributed by atoms with Crippen molar-refractivity contribution in [3.05, 3.63) is 53.0 Å². The number of para-hydroxylation sites is 1. The second-order valence-corrected chi connectivity index (χ2v) is 6.02. The van der Waals surface area contributed by atoms with Crippen molar-refractivity contribution in [2.75, 3.05) is 11.5 Å². The number of nitrogens with zero attached hydrogens (tertiary/aromatic N) is 3. The van der Waals surface area contributed by atoms with Gasteiger partial charge in [0, 0.05) is 11.1 Å². The van der Waals surface area contributed by atoms with Crippen LogP contribution in [-0.2, 0) is 6.54 Å². The van der Waals surface area contributed by atoms with Crippen LogP contribution in [0.1, 0.15) is 19.2 Å². The van der Waals surface area contributed by atoms with Crippen molar-refractivity contribution in [2.45, 2.75) is 25.9 Å². The first-order chi connectivity index (χ1) is 11.3. The summed E-state index contributed by atoms with van der Waals surface area (Å²) in [7, 11) is 0. The van der Waals surface area contributed by atoms with Crippen LogP contribution >= 0.6 is 11.3 Å². The molecule has 23 heavy (non-hydrogen) atoms. The van der Waals surface area contributed by atoms with E-state index in [-0.39, 0.29) is 12.6 Å². The van der Waals surface area contributed by atoms with E-state index in [0.29, 0.717) is 18.3 Å². The highest BCUT2D eigenvalue weighted by Gasteiger charge is 2.20. The third kappa shape index (κ3) is 3.60. The second kappa shape index (κ2) is 7.39. The van der Waals surface area contributed by atoms with Crippen LogP contribution in [0.2, 0.25) is 0 Å². The van der Waals surface area contributed by atoms with Crippen LogP contribution in [0.5, 0.6) is 0 Å². The third-order valence-corrected chi connectivity index (χ3v) is 4.44. The van der Waals surface area contributed by atoms with E-state index in [2.05, 4.69) is 22.0 Å². The molecule has 0 fully saturated rings. The van der Waals surface area contributed by atoms with Gasteiger partial charge in [-0.2, -0.15) is 16.3 Å². The third-order valence-electron chi connectivity index (χ3n) is 3.76. The predicted octanol–water partition coefficient (Wildman–Crippen LogP) is 3.58. The maximum absolute atomic E-state index is 9.69. The summed E-state index contributed by atoms with van der Waals surface area (Å²) in [4.78, 5) is 6.59. The van der Waals surface area contributed by atoms with Crippen LogP contribution in [0.25, 0.3) is 11.5 Å². The van der Waals surface area contributed by atoms with Crippen molar-refractivity contribution in [1.82, 2.24) is 10.1 Å². The summed E-state index contributed by atoms with van der Waals surface area (Å²) in [6, 6.07) is 12.0. The van der Waals surface area contributed by atoms with Gasteiger partial charge in [0.05, 0.1) is 24.8 Å². The molecule has 1 aromatic carbocycles. The van der Waals surface area contributed by atoms with Crippen molar-refractivity contribution in [2.24, 2.45) is 0 Å². The maximum Gasteiger partial charge on any atom is 0.258 e. The van der Waals surface area contributed by atoms with E-state index in [9.17, 15) is 5.11 Å². The Balaban J connectivity index is 1.84. The fraction of sp³-hybridized carbons (Fsp3) is 0.294. The Morgan fingerprint density at radius 1 is 1.26 bits per heavy atom. The molecule has 0 aliphatic heterocycles. The number of hydrogen-bond acceptors (Lipinski definition) is 6. The van der Waals surface area contributed by atoms with Crippen LogP contribution in [-0.4, -0.2) is 27.9 Å². The molecular formula is C17H19N3O2S. The van der Waals surface area contributed by atoms with Gasteiger partial charge >= 0.3 is 0 Å². The van der Waals surface area contributed by atoms with Gasteiger partial charge in [0.2, 0.25) is 0 Å². The largest absolute Gasteiger partial charge is 0.394 e. The Kier molecular flexibility index (Phi) is 5.05. The lowest BCUT2D eigenvalue weighted by Gasteiger charge is -2.30. The highest BCUT2D eigenvalue weighted by atomic mass is 32.1.